The Morgan fingerprint density at radius 1 is 0.714 bits per heavy atom. The van der Waals surface area contributed by atoms with E-state index < -0.39 is 0 Å². The van der Waals surface area contributed by atoms with Crippen LogP contribution in [0.2, 0.25) is 0 Å². The van der Waals surface area contributed by atoms with Gasteiger partial charge in [0.2, 0.25) is 0 Å². The van der Waals surface area contributed by atoms with E-state index >= 15 is 0 Å². The summed E-state index contributed by atoms with van der Waals surface area (Å²) in [6.45, 7) is 15.9. The van der Waals surface area contributed by atoms with Crippen molar-refractivity contribution in [3.63, 3.8) is 0 Å². The zero-order valence-corrected chi connectivity index (χ0v) is 11.6. The van der Waals surface area contributed by atoms with Crippen LogP contribution in [-0.2, 0) is 0 Å². The van der Waals surface area contributed by atoms with Crippen LogP contribution in [0.15, 0.2) is 0 Å². The van der Waals surface area contributed by atoms with E-state index in [1.165, 1.54) is 25.7 Å². The fraction of sp³-hybridized carbons (Fsp3) is 1.00. The predicted molar refractivity (Wildman–Crippen MR) is 68.7 cm³/mol. The maximum atomic E-state index is 2.35. The van der Waals surface area contributed by atoms with Gasteiger partial charge in [-0.25, -0.2) is 0 Å². The Kier molecular flexibility index (Phi) is 13.0. The van der Waals surface area contributed by atoms with Crippen LogP contribution in [0.1, 0.15) is 74.1 Å². The second kappa shape index (κ2) is 11.1. The standard InChI is InChI=1S/C10H22.C4H10/c1-8(2)6-7-10(5)9(3)4;1-3-4-2/h8-10H,6-7H2,1-5H3;3-4H2,1-2H3. The van der Waals surface area contributed by atoms with Gasteiger partial charge in [0, 0.05) is 0 Å². The smallest absolute Gasteiger partial charge is 0.0420 e. The highest BCUT2D eigenvalue weighted by Gasteiger charge is 2.06. The summed E-state index contributed by atoms with van der Waals surface area (Å²) in [5.74, 6) is 2.64. The van der Waals surface area contributed by atoms with E-state index in [1.807, 2.05) is 0 Å². The first-order chi connectivity index (χ1) is 6.45. The first kappa shape index (κ1) is 16.4. The highest BCUT2D eigenvalue weighted by atomic mass is 14.1. The average Bonchev–Trinajstić information content (AvgIpc) is 2.14. The Morgan fingerprint density at radius 2 is 1.14 bits per heavy atom. The maximum Gasteiger partial charge on any atom is -0.0420 e. The summed E-state index contributed by atoms with van der Waals surface area (Å²) in [6.07, 6.45) is 5.43. The third-order valence-electron chi connectivity index (χ3n) is 2.84. The second-order valence-electron chi connectivity index (χ2n) is 5.19. The van der Waals surface area contributed by atoms with Gasteiger partial charge >= 0.3 is 0 Å². The molecule has 0 amide bonds. The Bertz CT molecular complexity index is 90.2. The molecule has 88 valence electrons. The molecule has 0 heterocycles. The molecule has 0 N–H and O–H groups in total. The molecule has 0 saturated heterocycles. The van der Waals surface area contributed by atoms with E-state index in [0.29, 0.717) is 0 Å². The predicted octanol–water partition coefficient (Wildman–Crippen LogP) is 5.52. The molecule has 0 heteroatoms. The van der Waals surface area contributed by atoms with Crippen molar-refractivity contribution >= 4 is 0 Å². The summed E-state index contributed by atoms with van der Waals surface area (Å²) in [5, 5.41) is 0. The van der Waals surface area contributed by atoms with Crippen molar-refractivity contribution in [3.05, 3.63) is 0 Å². The van der Waals surface area contributed by atoms with Crippen LogP contribution in [0.25, 0.3) is 0 Å². The summed E-state index contributed by atoms with van der Waals surface area (Å²) in [7, 11) is 0. The third kappa shape index (κ3) is 14.5. The molecule has 0 aromatic carbocycles. The zero-order chi connectivity index (χ0) is 11.6. The fourth-order valence-electron chi connectivity index (χ4n) is 0.930. The lowest BCUT2D eigenvalue weighted by atomic mass is 9.91. The molecule has 0 spiro atoms. The van der Waals surface area contributed by atoms with E-state index in [1.54, 1.807) is 0 Å². The summed E-state index contributed by atoms with van der Waals surface area (Å²) < 4.78 is 0. The average molecular weight is 200 g/mol. The summed E-state index contributed by atoms with van der Waals surface area (Å²) in [6, 6.07) is 0. The van der Waals surface area contributed by atoms with Crippen molar-refractivity contribution in [1.29, 1.82) is 0 Å². The van der Waals surface area contributed by atoms with Crippen LogP contribution in [0.3, 0.4) is 0 Å². The van der Waals surface area contributed by atoms with Gasteiger partial charge < -0.3 is 0 Å². The summed E-state index contributed by atoms with van der Waals surface area (Å²) >= 11 is 0. The van der Waals surface area contributed by atoms with Gasteiger partial charge in [0.15, 0.2) is 0 Å². The van der Waals surface area contributed by atoms with Crippen LogP contribution < -0.4 is 0 Å². The number of unbranched alkanes of at least 4 members (excludes halogenated alkanes) is 1. The molecular weight excluding hydrogens is 168 g/mol. The number of hydrogen-bond donors (Lipinski definition) is 0. The van der Waals surface area contributed by atoms with Gasteiger partial charge in [-0.2, -0.15) is 0 Å². The molecule has 0 fully saturated rings. The largest absolute Gasteiger partial charge is 0.0654 e. The molecule has 0 bridgehead atoms. The normalized spacial score (nSPS) is 12.6. The van der Waals surface area contributed by atoms with Crippen LogP contribution in [-0.4, -0.2) is 0 Å². The molecule has 0 aromatic rings. The van der Waals surface area contributed by atoms with Gasteiger partial charge in [0.1, 0.15) is 0 Å². The van der Waals surface area contributed by atoms with E-state index in [0.717, 1.165) is 17.8 Å². The van der Waals surface area contributed by atoms with Crippen molar-refractivity contribution in [1.82, 2.24) is 0 Å². The lowest BCUT2D eigenvalue weighted by Crippen LogP contribution is -2.04. The lowest BCUT2D eigenvalue weighted by molar-refractivity contribution is 0.358. The Hall–Kier alpha value is 0. The monoisotopic (exact) mass is 200 g/mol. The molecule has 0 saturated carbocycles. The van der Waals surface area contributed by atoms with Gasteiger partial charge in [-0.3, -0.25) is 0 Å². The molecule has 0 aliphatic rings. The topological polar surface area (TPSA) is 0 Å². The van der Waals surface area contributed by atoms with E-state index in [2.05, 4.69) is 48.5 Å². The minimum atomic E-state index is 0.860. The Morgan fingerprint density at radius 3 is 1.36 bits per heavy atom. The van der Waals surface area contributed by atoms with Crippen molar-refractivity contribution in [2.45, 2.75) is 74.1 Å². The van der Waals surface area contributed by atoms with Crippen LogP contribution in [0.5, 0.6) is 0 Å². The highest BCUT2D eigenvalue weighted by Crippen LogP contribution is 2.18. The minimum Gasteiger partial charge on any atom is -0.0654 e. The molecule has 0 aromatic heterocycles. The van der Waals surface area contributed by atoms with Gasteiger partial charge in [0.05, 0.1) is 0 Å². The van der Waals surface area contributed by atoms with Gasteiger partial charge in [-0.15, -0.1) is 0 Å². The van der Waals surface area contributed by atoms with Crippen molar-refractivity contribution in [2.75, 3.05) is 0 Å². The van der Waals surface area contributed by atoms with Crippen LogP contribution in [0.4, 0.5) is 0 Å². The van der Waals surface area contributed by atoms with Crippen molar-refractivity contribution in [2.24, 2.45) is 17.8 Å². The van der Waals surface area contributed by atoms with Crippen LogP contribution in [0, 0.1) is 17.8 Å². The summed E-state index contributed by atoms with van der Waals surface area (Å²) in [4.78, 5) is 0. The van der Waals surface area contributed by atoms with E-state index in [9.17, 15) is 0 Å². The van der Waals surface area contributed by atoms with E-state index in [-0.39, 0.29) is 0 Å². The molecule has 0 nitrogen and oxygen atoms in total. The molecule has 1 atom stereocenters. The molecule has 0 radical (unpaired) electrons. The zero-order valence-electron chi connectivity index (χ0n) is 11.6. The quantitative estimate of drug-likeness (QED) is 0.548. The molecule has 0 rings (SSSR count). The van der Waals surface area contributed by atoms with Crippen molar-refractivity contribution < 1.29 is 0 Å². The molecule has 0 aliphatic carbocycles. The fourth-order valence-corrected chi connectivity index (χ4v) is 0.930. The van der Waals surface area contributed by atoms with E-state index in [4.69, 9.17) is 0 Å². The highest BCUT2D eigenvalue weighted by molar-refractivity contribution is 4.58. The molecule has 1 unspecified atom stereocenters. The molecular formula is C14H32. The first-order valence-corrected chi connectivity index (χ1v) is 6.45. The van der Waals surface area contributed by atoms with Crippen molar-refractivity contribution in [3.8, 4) is 0 Å². The summed E-state index contributed by atoms with van der Waals surface area (Å²) in [5.41, 5.74) is 0. The molecule has 14 heavy (non-hydrogen) atoms. The maximum absolute atomic E-state index is 2.35. The van der Waals surface area contributed by atoms with Gasteiger partial charge in [0.25, 0.3) is 0 Å². The Labute approximate surface area is 92.5 Å². The number of rotatable bonds is 5. The Balaban J connectivity index is 0. The van der Waals surface area contributed by atoms with Gasteiger partial charge in [-0.1, -0.05) is 74.1 Å². The van der Waals surface area contributed by atoms with Gasteiger partial charge in [-0.05, 0) is 17.8 Å². The number of hydrogen-bond acceptors (Lipinski definition) is 0. The third-order valence-corrected chi connectivity index (χ3v) is 2.84. The first-order valence-electron chi connectivity index (χ1n) is 6.45. The van der Waals surface area contributed by atoms with Crippen LogP contribution >= 0.6 is 0 Å². The SMILES string of the molecule is CC(C)CCC(C)C(C)C.CCCC. The minimum absolute atomic E-state index is 0.860. The second-order valence-corrected chi connectivity index (χ2v) is 5.19. The lowest BCUT2D eigenvalue weighted by Gasteiger charge is -2.15. The molecule has 0 aliphatic heterocycles.